The summed E-state index contributed by atoms with van der Waals surface area (Å²) in [5, 5.41) is 30.6. The van der Waals surface area contributed by atoms with Crippen LogP contribution < -0.4 is 9.47 Å². The fourth-order valence-electron chi connectivity index (χ4n) is 3.26. The van der Waals surface area contributed by atoms with Crippen LogP contribution in [0.2, 0.25) is 0 Å². The van der Waals surface area contributed by atoms with Gasteiger partial charge in [0.05, 0.1) is 31.5 Å². The third kappa shape index (κ3) is 2.12. The molecule has 7 nitrogen and oxygen atoms in total. The molecule has 3 N–H and O–H groups in total. The van der Waals surface area contributed by atoms with E-state index >= 15 is 0 Å². The number of carbonyl (C=O) groups excluding carboxylic acids is 2. The summed E-state index contributed by atoms with van der Waals surface area (Å²) >= 11 is 0. The number of aliphatic hydroxyl groups excluding tert-OH is 1. The second-order valence-electron chi connectivity index (χ2n) is 6.25. The van der Waals surface area contributed by atoms with Crippen molar-refractivity contribution in [2.45, 2.75) is 31.5 Å². The largest absolute Gasteiger partial charge is 0.504 e. The first kappa shape index (κ1) is 16.5. The summed E-state index contributed by atoms with van der Waals surface area (Å²) in [7, 11) is 2.66. The van der Waals surface area contributed by atoms with Crippen LogP contribution in [0.25, 0.3) is 0 Å². The van der Waals surface area contributed by atoms with E-state index in [1.165, 1.54) is 27.2 Å². The van der Waals surface area contributed by atoms with E-state index in [0.717, 1.165) is 0 Å². The quantitative estimate of drug-likeness (QED) is 0.739. The zero-order valence-corrected chi connectivity index (χ0v) is 13.5. The number of fused-ring (bicyclic) bond motifs is 1. The molecule has 0 saturated heterocycles. The van der Waals surface area contributed by atoms with Gasteiger partial charge in [-0.3, -0.25) is 9.59 Å². The Kier molecular flexibility index (Phi) is 3.65. The lowest BCUT2D eigenvalue weighted by Crippen LogP contribution is -2.46. The lowest BCUT2D eigenvalue weighted by atomic mass is 9.71. The van der Waals surface area contributed by atoms with Gasteiger partial charge in [0.25, 0.3) is 0 Å². The number of benzene rings is 1. The summed E-state index contributed by atoms with van der Waals surface area (Å²) in [6.07, 6.45) is -1.44. The predicted octanol–water partition coefficient (Wildman–Crippen LogP) is 0.991. The van der Waals surface area contributed by atoms with Crippen LogP contribution >= 0.6 is 0 Å². The lowest BCUT2D eigenvalue weighted by molar-refractivity contribution is -0.0651. The summed E-state index contributed by atoms with van der Waals surface area (Å²) in [5.41, 5.74) is -1.40. The molecule has 0 saturated carbocycles. The number of carbonyl (C=O) groups is 2. The Morgan fingerprint density at radius 2 is 1.83 bits per heavy atom. The standard InChI is InChI=1S/C17H18O7/c1-17(22)6-9-7(5-11(17)18)13(19)8-4-10(23-2)16(24-3)15(21)12(8)14(9)20/h4,11,18,21-22H,5-6H2,1-3H3/t11-,17+/m1/s1. The molecule has 7 heteroatoms. The Hall–Kier alpha value is -2.38. The number of hydrogen-bond acceptors (Lipinski definition) is 7. The maximum Gasteiger partial charge on any atom is 0.203 e. The Balaban J connectivity index is 2.24. The number of rotatable bonds is 2. The van der Waals surface area contributed by atoms with Crippen LogP contribution in [0.5, 0.6) is 17.2 Å². The molecule has 0 spiro atoms. The number of aromatic hydroxyl groups is 1. The van der Waals surface area contributed by atoms with Gasteiger partial charge in [0.15, 0.2) is 23.1 Å². The highest BCUT2D eigenvalue weighted by Gasteiger charge is 2.45. The lowest BCUT2D eigenvalue weighted by Gasteiger charge is -2.37. The number of methoxy groups -OCH3 is 2. The van der Waals surface area contributed by atoms with E-state index in [2.05, 4.69) is 0 Å². The summed E-state index contributed by atoms with van der Waals surface area (Å²) in [6.45, 7) is 1.41. The topological polar surface area (TPSA) is 113 Å². The van der Waals surface area contributed by atoms with Crippen molar-refractivity contribution < 1.29 is 34.4 Å². The zero-order valence-electron chi connectivity index (χ0n) is 13.5. The van der Waals surface area contributed by atoms with Gasteiger partial charge in [-0.2, -0.15) is 0 Å². The van der Waals surface area contributed by atoms with Crippen molar-refractivity contribution in [3.8, 4) is 17.2 Å². The van der Waals surface area contributed by atoms with Crippen LogP contribution in [-0.2, 0) is 0 Å². The van der Waals surface area contributed by atoms with E-state index in [4.69, 9.17) is 9.47 Å². The summed E-state index contributed by atoms with van der Waals surface area (Å²) in [5.74, 6) is -1.40. The molecule has 0 fully saturated rings. The van der Waals surface area contributed by atoms with Crippen LogP contribution in [0, 0.1) is 0 Å². The smallest absolute Gasteiger partial charge is 0.203 e. The van der Waals surface area contributed by atoms with Crippen LogP contribution in [-0.4, -0.2) is 52.8 Å². The second kappa shape index (κ2) is 5.32. The van der Waals surface area contributed by atoms with Gasteiger partial charge in [0, 0.05) is 29.6 Å². The third-order valence-corrected chi connectivity index (χ3v) is 4.68. The molecular formula is C17H18O7. The van der Waals surface area contributed by atoms with Gasteiger partial charge in [0.1, 0.15) is 0 Å². The molecule has 0 amide bonds. The number of phenolic OH excluding ortho intramolecular Hbond substituents is 1. The van der Waals surface area contributed by atoms with E-state index in [9.17, 15) is 24.9 Å². The van der Waals surface area contributed by atoms with Crippen LogP contribution in [0.1, 0.15) is 40.5 Å². The number of hydrogen-bond donors (Lipinski definition) is 3. The van der Waals surface area contributed by atoms with Crippen molar-refractivity contribution in [1.82, 2.24) is 0 Å². The highest BCUT2D eigenvalue weighted by atomic mass is 16.5. The van der Waals surface area contributed by atoms with Crippen molar-refractivity contribution in [1.29, 1.82) is 0 Å². The first-order valence-electron chi connectivity index (χ1n) is 7.42. The Bertz CT molecular complexity index is 789. The van der Waals surface area contributed by atoms with E-state index < -0.39 is 29.0 Å². The number of phenols is 1. The third-order valence-electron chi connectivity index (χ3n) is 4.68. The van der Waals surface area contributed by atoms with Crippen molar-refractivity contribution in [3.63, 3.8) is 0 Å². The molecule has 1 aromatic carbocycles. The van der Waals surface area contributed by atoms with E-state index in [0.29, 0.717) is 0 Å². The Morgan fingerprint density at radius 1 is 1.17 bits per heavy atom. The molecule has 0 aliphatic heterocycles. The molecule has 2 atom stereocenters. The predicted molar refractivity (Wildman–Crippen MR) is 82.8 cm³/mol. The van der Waals surface area contributed by atoms with Gasteiger partial charge >= 0.3 is 0 Å². The minimum Gasteiger partial charge on any atom is -0.504 e. The molecule has 0 aromatic heterocycles. The van der Waals surface area contributed by atoms with Gasteiger partial charge in [-0.1, -0.05) is 0 Å². The number of Topliss-reactive ketones (excluding diaryl/α,β-unsaturated/α-hetero) is 2. The fraction of sp³-hybridized carbons (Fsp3) is 0.412. The van der Waals surface area contributed by atoms with Crippen molar-refractivity contribution in [2.75, 3.05) is 14.2 Å². The molecule has 128 valence electrons. The molecule has 3 rings (SSSR count). The molecule has 24 heavy (non-hydrogen) atoms. The molecule has 0 heterocycles. The van der Waals surface area contributed by atoms with Gasteiger partial charge in [-0.15, -0.1) is 0 Å². The Morgan fingerprint density at radius 3 is 2.42 bits per heavy atom. The first-order valence-corrected chi connectivity index (χ1v) is 7.42. The minimum absolute atomic E-state index is 0.00245. The maximum absolute atomic E-state index is 12.8. The highest BCUT2D eigenvalue weighted by molar-refractivity contribution is 6.28. The van der Waals surface area contributed by atoms with E-state index in [1.807, 2.05) is 0 Å². The van der Waals surface area contributed by atoms with Crippen LogP contribution in [0.3, 0.4) is 0 Å². The number of ether oxygens (including phenoxy) is 2. The zero-order chi connectivity index (χ0) is 17.8. The Labute approximate surface area is 138 Å². The summed E-state index contributed by atoms with van der Waals surface area (Å²) in [4.78, 5) is 25.6. The van der Waals surface area contributed by atoms with E-state index in [-0.39, 0.29) is 46.6 Å². The second-order valence-corrected chi connectivity index (χ2v) is 6.25. The normalized spacial score (nSPS) is 26.1. The van der Waals surface area contributed by atoms with Crippen molar-refractivity contribution >= 4 is 11.6 Å². The molecular weight excluding hydrogens is 316 g/mol. The molecule has 0 bridgehead atoms. The van der Waals surface area contributed by atoms with E-state index in [1.54, 1.807) is 0 Å². The minimum atomic E-state index is -1.52. The maximum atomic E-state index is 12.8. The van der Waals surface area contributed by atoms with Crippen LogP contribution in [0.4, 0.5) is 0 Å². The molecule has 0 radical (unpaired) electrons. The van der Waals surface area contributed by atoms with Gasteiger partial charge in [-0.05, 0) is 13.0 Å². The fourth-order valence-corrected chi connectivity index (χ4v) is 3.26. The highest BCUT2D eigenvalue weighted by Crippen LogP contribution is 2.47. The average molecular weight is 334 g/mol. The first-order chi connectivity index (χ1) is 11.2. The van der Waals surface area contributed by atoms with Gasteiger partial charge in [0.2, 0.25) is 5.75 Å². The molecule has 0 unspecified atom stereocenters. The van der Waals surface area contributed by atoms with Crippen molar-refractivity contribution in [2.24, 2.45) is 0 Å². The number of ketones is 2. The summed E-state index contributed by atoms with van der Waals surface area (Å²) in [6, 6.07) is 1.34. The molecule has 2 aliphatic rings. The van der Waals surface area contributed by atoms with Crippen LogP contribution in [0.15, 0.2) is 17.2 Å². The van der Waals surface area contributed by atoms with Gasteiger partial charge in [-0.25, -0.2) is 0 Å². The molecule has 1 aromatic rings. The van der Waals surface area contributed by atoms with Crippen molar-refractivity contribution in [3.05, 3.63) is 28.3 Å². The summed E-state index contributed by atoms with van der Waals surface area (Å²) < 4.78 is 10.2. The number of aliphatic hydroxyl groups is 2. The average Bonchev–Trinajstić information content (AvgIpc) is 2.53. The van der Waals surface area contributed by atoms with Gasteiger partial charge < -0.3 is 24.8 Å². The monoisotopic (exact) mass is 334 g/mol. The molecule has 2 aliphatic carbocycles. The SMILES string of the molecule is COc1cc2c(c(O)c1OC)C(=O)C1=C(C[C@@H](O)[C@@](C)(O)C1)C2=O.